The molecule has 82 valence electrons. The molecule has 0 aliphatic rings. The Kier molecular flexibility index (Phi) is 5.44. The van der Waals surface area contributed by atoms with Crippen LogP contribution in [-0.4, -0.2) is 11.5 Å². The second-order valence-electron chi connectivity index (χ2n) is 3.71. The zero-order valence-corrected chi connectivity index (χ0v) is 8.89. The van der Waals surface area contributed by atoms with Crippen molar-refractivity contribution in [1.29, 1.82) is 0 Å². The predicted molar refractivity (Wildman–Crippen MR) is 60.5 cm³/mol. The summed E-state index contributed by atoms with van der Waals surface area (Å²) in [6.07, 6.45) is 4.97. The summed E-state index contributed by atoms with van der Waals surface area (Å²) in [5.41, 5.74) is 1.35. The van der Waals surface area contributed by atoms with E-state index in [1.165, 1.54) is 5.56 Å². The number of rotatable bonds is 7. The van der Waals surface area contributed by atoms with Crippen molar-refractivity contribution in [3.05, 3.63) is 46.0 Å². The molecule has 0 unspecified atom stereocenters. The van der Waals surface area contributed by atoms with Crippen LogP contribution in [0.4, 0.5) is 0 Å². The van der Waals surface area contributed by atoms with Gasteiger partial charge in [0.1, 0.15) is 0 Å². The van der Waals surface area contributed by atoms with E-state index in [1.807, 2.05) is 18.2 Å². The van der Waals surface area contributed by atoms with Gasteiger partial charge >= 0.3 is 0 Å². The first-order valence-electron chi connectivity index (χ1n) is 5.45. The lowest BCUT2D eigenvalue weighted by molar-refractivity contribution is -0.480. The normalized spacial score (nSPS) is 10.1. The molecule has 3 heteroatoms. The number of nitrogens with zero attached hydrogens (tertiary/aromatic N) is 1. The summed E-state index contributed by atoms with van der Waals surface area (Å²) in [5, 5.41) is 10.1. The van der Waals surface area contributed by atoms with E-state index in [2.05, 4.69) is 12.1 Å². The largest absolute Gasteiger partial charge is 0.265 e. The third-order valence-electron chi connectivity index (χ3n) is 2.40. The van der Waals surface area contributed by atoms with Crippen LogP contribution in [0.15, 0.2) is 30.3 Å². The summed E-state index contributed by atoms with van der Waals surface area (Å²) >= 11 is 0. The molecule has 0 fully saturated rings. The Labute approximate surface area is 90.3 Å². The molecule has 1 aromatic carbocycles. The Morgan fingerprint density at radius 3 is 2.33 bits per heavy atom. The van der Waals surface area contributed by atoms with Crippen LogP contribution in [0.25, 0.3) is 0 Å². The first-order valence-corrected chi connectivity index (χ1v) is 5.45. The number of benzene rings is 1. The number of unbranched alkanes of at least 4 members (excludes halogenated alkanes) is 3. The van der Waals surface area contributed by atoms with E-state index in [-0.39, 0.29) is 11.5 Å². The van der Waals surface area contributed by atoms with E-state index in [1.54, 1.807) is 0 Å². The van der Waals surface area contributed by atoms with Crippen molar-refractivity contribution in [1.82, 2.24) is 0 Å². The Morgan fingerprint density at radius 2 is 1.67 bits per heavy atom. The molecule has 0 saturated heterocycles. The first-order chi connectivity index (χ1) is 7.29. The summed E-state index contributed by atoms with van der Waals surface area (Å²) in [5.74, 6) is 0. The highest BCUT2D eigenvalue weighted by molar-refractivity contribution is 5.14. The van der Waals surface area contributed by atoms with E-state index >= 15 is 0 Å². The van der Waals surface area contributed by atoms with Crippen LogP contribution in [0.2, 0.25) is 0 Å². The monoisotopic (exact) mass is 207 g/mol. The quantitative estimate of drug-likeness (QED) is 0.392. The molecule has 0 bridgehead atoms. The van der Waals surface area contributed by atoms with E-state index in [0.29, 0.717) is 6.42 Å². The second kappa shape index (κ2) is 6.98. The minimum atomic E-state index is -0.239. The molecule has 0 spiro atoms. The molecule has 3 nitrogen and oxygen atoms in total. The van der Waals surface area contributed by atoms with Crippen molar-refractivity contribution in [3.63, 3.8) is 0 Å². The van der Waals surface area contributed by atoms with Crippen LogP contribution in [0.1, 0.15) is 31.2 Å². The molecule has 0 aromatic heterocycles. The van der Waals surface area contributed by atoms with Crippen LogP contribution in [0.3, 0.4) is 0 Å². The van der Waals surface area contributed by atoms with Crippen molar-refractivity contribution in [2.45, 2.75) is 32.1 Å². The summed E-state index contributed by atoms with van der Waals surface area (Å²) < 4.78 is 0. The highest BCUT2D eigenvalue weighted by atomic mass is 16.6. The average Bonchev–Trinajstić information content (AvgIpc) is 2.24. The summed E-state index contributed by atoms with van der Waals surface area (Å²) in [7, 11) is 0. The van der Waals surface area contributed by atoms with Crippen LogP contribution >= 0.6 is 0 Å². The molecule has 1 rings (SSSR count). The molecule has 0 N–H and O–H groups in total. The number of hydrogen-bond donors (Lipinski definition) is 0. The van der Waals surface area contributed by atoms with Gasteiger partial charge in [0.05, 0.1) is 0 Å². The lowest BCUT2D eigenvalue weighted by Gasteiger charge is -2.00. The van der Waals surface area contributed by atoms with Crippen molar-refractivity contribution < 1.29 is 4.92 Å². The maximum absolute atomic E-state index is 10.1. The highest BCUT2D eigenvalue weighted by Gasteiger charge is 1.97. The maximum Gasteiger partial charge on any atom is 0.203 e. The van der Waals surface area contributed by atoms with Crippen molar-refractivity contribution in [3.8, 4) is 0 Å². The van der Waals surface area contributed by atoms with E-state index in [4.69, 9.17) is 0 Å². The molecule has 0 heterocycles. The van der Waals surface area contributed by atoms with Gasteiger partial charge in [-0.2, -0.15) is 0 Å². The molecular weight excluding hydrogens is 190 g/mol. The maximum atomic E-state index is 10.1. The standard InChI is InChI=1S/C12H17NO2/c14-13(15)11-7-2-1-4-8-12-9-5-3-6-10-12/h3,5-6,9-10H,1-2,4,7-8,11H2. The lowest BCUT2D eigenvalue weighted by atomic mass is 10.1. The Bertz CT molecular complexity index is 285. The highest BCUT2D eigenvalue weighted by Crippen LogP contribution is 2.07. The van der Waals surface area contributed by atoms with Crippen molar-refractivity contribution in [2.24, 2.45) is 0 Å². The van der Waals surface area contributed by atoms with Gasteiger partial charge in [0, 0.05) is 11.3 Å². The zero-order valence-electron chi connectivity index (χ0n) is 8.89. The third-order valence-corrected chi connectivity index (χ3v) is 2.40. The molecule has 15 heavy (non-hydrogen) atoms. The minimum Gasteiger partial charge on any atom is -0.265 e. The molecule has 0 atom stereocenters. The first kappa shape index (κ1) is 11.7. The van der Waals surface area contributed by atoms with Crippen LogP contribution in [-0.2, 0) is 6.42 Å². The predicted octanol–water partition coefficient (Wildman–Crippen LogP) is 3.07. The molecular formula is C12H17NO2. The third kappa shape index (κ3) is 5.83. The summed E-state index contributed by atoms with van der Waals surface area (Å²) in [6.45, 7) is 0.116. The van der Waals surface area contributed by atoms with Gasteiger partial charge in [0.25, 0.3) is 0 Å². The van der Waals surface area contributed by atoms with Gasteiger partial charge in [-0.15, -0.1) is 0 Å². The number of hydrogen-bond acceptors (Lipinski definition) is 2. The van der Waals surface area contributed by atoms with Crippen LogP contribution < -0.4 is 0 Å². The molecule has 0 amide bonds. The fourth-order valence-electron chi connectivity index (χ4n) is 1.57. The van der Waals surface area contributed by atoms with Crippen LogP contribution in [0, 0.1) is 10.1 Å². The van der Waals surface area contributed by atoms with Gasteiger partial charge in [-0.05, 0) is 24.8 Å². The fraction of sp³-hybridized carbons (Fsp3) is 0.500. The molecule has 0 aliphatic heterocycles. The van der Waals surface area contributed by atoms with E-state index < -0.39 is 0 Å². The molecule has 0 radical (unpaired) electrons. The van der Waals surface area contributed by atoms with Crippen LogP contribution in [0.5, 0.6) is 0 Å². The Hall–Kier alpha value is -1.38. The number of aryl methyl sites for hydroxylation is 1. The van der Waals surface area contributed by atoms with Gasteiger partial charge in [-0.3, -0.25) is 10.1 Å². The van der Waals surface area contributed by atoms with Crippen molar-refractivity contribution in [2.75, 3.05) is 6.54 Å². The summed E-state index contributed by atoms with van der Waals surface area (Å²) in [4.78, 5) is 9.82. The molecule has 0 saturated carbocycles. The smallest absolute Gasteiger partial charge is 0.203 e. The Morgan fingerprint density at radius 1 is 1.00 bits per heavy atom. The second-order valence-corrected chi connectivity index (χ2v) is 3.71. The summed E-state index contributed by atoms with van der Waals surface area (Å²) in [6, 6.07) is 10.3. The average molecular weight is 207 g/mol. The molecule has 0 aliphatic carbocycles. The van der Waals surface area contributed by atoms with Gasteiger partial charge in [-0.1, -0.05) is 36.8 Å². The van der Waals surface area contributed by atoms with Gasteiger partial charge in [0.15, 0.2) is 0 Å². The minimum absolute atomic E-state index is 0.116. The molecule has 1 aromatic rings. The van der Waals surface area contributed by atoms with Gasteiger partial charge in [-0.25, -0.2) is 0 Å². The Balaban J connectivity index is 2.00. The van der Waals surface area contributed by atoms with Crippen molar-refractivity contribution >= 4 is 0 Å². The zero-order chi connectivity index (χ0) is 10.9. The van der Waals surface area contributed by atoms with E-state index in [0.717, 1.165) is 25.7 Å². The topological polar surface area (TPSA) is 43.1 Å². The van der Waals surface area contributed by atoms with E-state index in [9.17, 15) is 10.1 Å². The SMILES string of the molecule is O=[N+]([O-])CCCCCCc1ccccc1. The van der Waals surface area contributed by atoms with Gasteiger partial charge in [0.2, 0.25) is 6.54 Å². The fourth-order valence-corrected chi connectivity index (χ4v) is 1.57. The lowest BCUT2D eigenvalue weighted by Crippen LogP contribution is -1.99. The van der Waals surface area contributed by atoms with Gasteiger partial charge < -0.3 is 0 Å². The number of nitro groups is 1.